The van der Waals surface area contributed by atoms with Crippen LogP contribution < -0.4 is 5.32 Å². The Morgan fingerprint density at radius 3 is 2.82 bits per heavy atom. The number of nitro groups is 1. The molecule has 1 aromatic carbocycles. The Hall–Kier alpha value is -2.50. The third kappa shape index (κ3) is 2.97. The summed E-state index contributed by atoms with van der Waals surface area (Å²) in [5, 5.41) is 13.6. The molecular weight excluding hydrogens is 220 g/mol. The molecule has 6 nitrogen and oxygen atoms in total. The molecule has 0 aliphatic rings. The summed E-state index contributed by atoms with van der Waals surface area (Å²) >= 11 is 0. The highest BCUT2D eigenvalue weighted by Crippen LogP contribution is 2.27. The molecule has 0 saturated heterocycles. The first-order chi connectivity index (χ1) is 8.10. The second-order valence-electron chi connectivity index (χ2n) is 3.14. The normalized spacial score (nSPS) is 10.8. The SMILES string of the molecule is C=CN=C(N=C)Nc1c(C)cccc1[N+](=O)[O-]. The third-order valence-corrected chi connectivity index (χ3v) is 2.05. The number of hydrogen-bond acceptors (Lipinski definition) is 3. The predicted octanol–water partition coefficient (Wildman–Crippen LogP) is 2.52. The summed E-state index contributed by atoms with van der Waals surface area (Å²) in [5.41, 5.74) is 1.04. The number of hydrogen-bond donors (Lipinski definition) is 1. The van der Waals surface area contributed by atoms with Gasteiger partial charge < -0.3 is 5.32 Å². The summed E-state index contributed by atoms with van der Waals surface area (Å²) in [4.78, 5) is 17.8. The molecule has 0 spiro atoms. The minimum absolute atomic E-state index is 0.0367. The highest BCUT2D eigenvalue weighted by Gasteiger charge is 2.16. The largest absolute Gasteiger partial charge is 0.318 e. The number of guanidine groups is 1. The number of nitrogens with one attached hydrogen (secondary N) is 1. The van der Waals surface area contributed by atoms with Gasteiger partial charge in [-0.2, -0.15) is 0 Å². The summed E-state index contributed by atoms with van der Waals surface area (Å²) in [6, 6.07) is 4.78. The monoisotopic (exact) mass is 232 g/mol. The first kappa shape index (κ1) is 12.6. The van der Waals surface area contributed by atoms with Crippen LogP contribution in [0.5, 0.6) is 0 Å². The molecule has 88 valence electrons. The van der Waals surface area contributed by atoms with Crippen molar-refractivity contribution < 1.29 is 4.92 Å². The maximum absolute atomic E-state index is 10.9. The van der Waals surface area contributed by atoms with Crippen molar-refractivity contribution in [2.45, 2.75) is 6.92 Å². The van der Waals surface area contributed by atoms with Crippen LogP contribution in [0.4, 0.5) is 11.4 Å². The topological polar surface area (TPSA) is 79.9 Å². The molecule has 0 aliphatic heterocycles. The average Bonchev–Trinajstić information content (AvgIpc) is 2.30. The second kappa shape index (κ2) is 5.55. The van der Waals surface area contributed by atoms with Gasteiger partial charge in [0.2, 0.25) is 5.96 Å². The molecule has 0 amide bonds. The van der Waals surface area contributed by atoms with E-state index in [4.69, 9.17) is 0 Å². The van der Waals surface area contributed by atoms with E-state index >= 15 is 0 Å². The van der Waals surface area contributed by atoms with Gasteiger partial charge in [-0.05, 0) is 19.2 Å². The molecule has 0 unspecified atom stereocenters. The summed E-state index contributed by atoms with van der Waals surface area (Å²) < 4.78 is 0. The molecule has 0 atom stereocenters. The lowest BCUT2D eigenvalue weighted by atomic mass is 10.1. The van der Waals surface area contributed by atoms with Crippen LogP contribution >= 0.6 is 0 Å². The van der Waals surface area contributed by atoms with Gasteiger partial charge in [0, 0.05) is 12.3 Å². The van der Waals surface area contributed by atoms with Gasteiger partial charge in [-0.25, -0.2) is 9.98 Å². The van der Waals surface area contributed by atoms with E-state index < -0.39 is 4.92 Å². The standard InChI is InChI=1S/C11H12N4O2/c1-4-13-11(12-3)14-10-8(2)6-5-7-9(10)15(16)17/h4-7H,1,3H2,2H3,(H,13,14). The van der Waals surface area contributed by atoms with E-state index in [0.717, 1.165) is 5.56 Å². The average molecular weight is 232 g/mol. The minimum Gasteiger partial charge on any atom is -0.318 e. The predicted molar refractivity (Wildman–Crippen MR) is 68.6 cm³/mol. The van der Waals surface area contributed by atoms with Crippen molar-refractivity contribution >= 4 is 24.1 Å². The number of aryl methyl sites for hydroxylation is 1. The fourth-order valence-electron chi connectivity index (χ4n) is 1.28. The number of aliphatic imine (C=N–C) groups is 2. The van der Waals surface area contributed by atoms with Crippen molar-refractivity contribution in [1.29, 1.82) is 0 Å². The molecule has 0 bridgehead atoms. The first-order valence-electron chi connectivity index (χ1n) is 4.76. The van der Waals surface area contributed by atoms with E-state index in [1.807, 2.05) is 0 Å². The summed E-state index contributed by atoms with van der Waals surface area (Å²) in [7, 11) is 0. The summed E-state index contributed by atoms with van der Waals surface area (Å²) in [6.45, 7) is 8.49. The van der Waals surface area contributed by atoms with Crippen molar-refractivity contribution in [1.82, 2.24) is 0 Å². The Kier molecular flexibility index (Phi) is 4.10. The van der Waals surface area contributed by atoms with Gasteiger partial charge in [0.05, 0.1) is 4.92 Å². The Morgan fingerprint density at radius 1 is 1.59 bits per heavy atom. The maximum atomic E-state index is 10.9. The van der Waals surface area contributed by atoms with Crippen LogP contribution in [0, 0.1) is 17.0 Å². The fourth-order valence-corrected chi connectivity index (χ4v) is 1.28. The molecule has 1 rings (SSSR count). The highest BCUT2D eigenvalue weighted by atomic mass is 16.6. The van der Waals surface area contributed by atoms with Crippen molar-refractivity contribution in [3.05, 3.63) is 46.7 Å². The molecule has 0 radical (unpaired) electrons. The smallest absolute Gasteiger partial charge is 0.293 e. The van der Waals surface area contributed by atoms with E-state index in [0.29, 0.717) is 5.69 Å². The van der Waals surface area contributed by atoms with Crippen LogP contribution in [-0.4, -0.2) is 17.6 Å². The number of anilines is 1. The molecule has 0 aliphatic carbocycles. The van der Waals surface area contributed by atoms with Gasteiger partial charge in [-0.3, -0.25) is 10.1 Å². The number of rotatable bonds is 3. The van der Waals surface area contributed by atoms with E-state index in [9.17, 15) is 10.1 Å². The molecule has 0 heterocycles. The lowest BCUT2D eigenvalue weighted by Gasteiger charge is -2.08. The Balaban J connectivity index is 3.21. The van der Waals surface area contributed by atoms with Crippen molar-refractivity contribution in [3.8, 4) is 0 Å². The van der Waals surface area contributed by atoms with Gasteiger partial charge >= 0.3 is 0 Å². The fraction of sp³-hybridized carbons (Fsp3) is 0.0909. The van der Waals surface area contributed by atoms with Gasteiger partial charge in [0.15, 0.2) is 0 Å². The number of nitro benzene ring substituents is 1. The summed E-state index contributed by atoms with van der Waals surface area (Å²) in [5.74, 6) is 0.164. The van der Waals surface area contributed by atoms with E-state index in [1.54, 1.807) is 19.1 Å². The van der Waals surface area contributed by atoms with Crippen molar-refractivity contribution in [3.63, 3.8) is 0 Å². The van der Waals surface area contributed by atoms with Gasteiger partial charge in [0.1, 0.15) is 5.69 Å². The van der Waals surface area contributed by atoms with E-state index in [2.05, 4.69) is 28.6 Å². The molecule has 1 aromatic rings. The zero-order valence-corrected chi connectivity index (χ0v) is 9.38. The van der Waals surface area contributed by atoms with Crippen LogP contribution in [0.2, 0.25) is 0 Å². The zero-order chi connectivity index (χ0) is 12.8. The molecule has 0 aromatic heterocycles. The minimum atomic E-state index is -0.468. The lowest BCUT2D eigenvalue weighted by Crippen LogP contribution is -2.11. The van der Waals surface area contributed by atoms with Gasteiger partial charge in [-0.15, -0.1) is 0 Å². The van der Waals surface area contributed by atoms with Crippen LogP contribution in [0.25, 0.3) is 0 Å². The zero-order valence-electron chi connectivity index (χ0n) is 9.38. The Morgan fingerprint density at radius 2 is 2.29 bits per heavy atom. The molecular formula is C11H12N4O2. The Labute approximate surface area is 98.6 Å². The van der Waals surface area contributed by atoms with E-state index in [1.165, 1.54) is 12.3 Å². The van der Waals surface area contributed by atoms with E-state index in [-0.39, 0.29) is 11.6 Å². The van der Waals surface area contributed by atoms with Crippen LogP contribution in [0.1, 0.15) is 5.56 Å². The van der Waals surface area contributed by atoms with Crippen LogP contribution in [0.15, 0.2) is 41.0 Å². The lowest BCUT2D eigenvalue weighted by molar-refractivity contribution is -0.383. The first-order valence-corrected chi connectivity index (χ1v) is 4.76. The van der Waals surface area contributed by atoms with Crippen molar-refractivity contribution in [2.24, 2.45) is 9.98 Å². The number of nitrogens with zero attached hydrogens (tertiary/aromatic N) is 3. The van der Waals surface area contributed by atoms with Crippen LogP contribution in [-0.2, 0) is 0 Å². The highest BCUT2D eigenvalue weighted by molar-refractivity contribution is 5.99. The number of para-hydroxylation sites is 1. The number of benzene rings is 1. The molecule has 0 saturated carbocycles. The Bertz CT molecular complexity index is 494. The van der Waals surface area contributed by atoms with Crippen LogP contribution in [0.3, 0.4) is 0 Å². The van der Waals surface area contributed by atoms with Gasteiger partial charge in [-0.1, -0.05) is 18.7 Å². The third-order valence-electron chi connectivity index (χ3n) is 2.05. The van der Waals surface area contributed by atoms with Crippen molar-refractivity contribution in [2.75, 3.05) is 5.32 Å². The summed E-state index contributed by atoms with van der Waals surface area (Å²) in [6.07, 6.45) is 1.28. The quantitative estimate of drug-likeness (QED) is 0.376. The molecule has 1 N–H and O–H groups in total. The van der Waals surface area contributed by atoms with Gasteiger partial charge in [0.25, 0.3) is 5.69 Å². The second-order valence-corrected chi connectivity index (χ2v) is 3.14. The molecule has 17 heavy (non-hydrogen) atoms. The molecule has 0 fully saturated rings. The molecule has 6 heteroatoms. The maximum Gasteiger partial charge on any atom is 0.293 e.